The van der Waals surface area contributed by atoms with Gasteiger partial charge in [0.2, 0.25) is 5.91 Å². The smallest absolute Gasteiger partial charge is 0.241 e. The molecule has 0 heterocycles. The van der Waals surface area contributed by atoms with Crippen molar-refractivity contribution in [2.45, 2.75) is 46.5 Å². The summed E-state index contributed by atoms with van der Waals surface area (Å²) in [4.78, 5) is 15.5. The van der Waals surface area contributed by atoms with Crippen molar-refractivity contribution >= 4 is 35.8 Å². The topological polar surface area (TPSA) is 65.5 Å². The van der Waals surface area contributed by atoms with Gasteiger partial charge >= 0.3 is 0 Å². The summed E-state index contributed by atoms with van der Waals surface area (Å²) in [6.45, 7) is 8.65. The van der Waals surface area contributed by atoms with Gasteiger partial charge in [0.1, 0.15) is 6.54 Å². The molecule has 3 N–H and O–H groups in total. The van der Waals surface area contributed by atoms with Gasteiger partial charge in [0.25, 0.3) is 0 Å². The molecule has 0 aliphatic heterocycles. The van der Waals surface area contributed by atoms with Crippen LogP contribution < -0.4 is 16.0 Å². The lowest BCUT2D eigenvalue weighted by Gasteiger charge is -2.10. The Morgan fingerprint density at radius 1 is 0.947 bits per heavy atom. The van der Waals surface area contributed by atoms with Crippen molar-refractivity contribution < 1.29 is 4.79 Å². The maximum atomic E-state index is 11.3. The Morgan fingerprint density at radius 2 is 1.63 bits per heavy atom. The Bertz CT molecular complexity index is 247. The molecule has 5 nitrogen and oxygen atoms in total. The van der Waals surface area contributed by atoms with E-state index in [0.29, 0.717) is 6.54 Å². The highest BCUT2D eigenvalue weighted by Crippen LogP contribution is 1.96. The van der Waals surface area contributed by atoms with Gasteiger partial charge < -0.3 is 16.0 Å². The monoisotopic (exact) mass is 384 g/mol. The molecule has 114 valence electrons. The van der Waals surface area contributed by atoms with Gasteiger partial charge in [0.05, 0.1) is 0 Å². The van der Waals surface area contributed by atoms with Crippen LogP contribution in [0.15, 0.2) is 4.99 Å². The van der Waals surface area contributed by atoms with Gasteiger partial charge in [-0.3, -0.25) is 4.79 Å². The SMILES string of the molecule is CCCCCCNC(=NCC(=O)NCC)NCC.I. The first kappa shape index (κ1) is 20.8. The van der Waals surface area contributed by atoms with E-state index < -0.39 is 0 Å². The number of halogens is 1. The van der Waals surface area contributed by atoms with Crippen LogP contribution in [0.4, 0.5) is 0 Å². The van der Waals surface area contributed by atoms with Crippen molar-refractivity contribution in [1.82, 2.24) is 16.0 Å². The average Bonchev–Trinajstić information content (AvgIpc) is 2.36. The second kappa shape index (κ2) is 15.5. The number of rotatable bonds is 9. The maximum absolute atomic E-state index is 11.3. The van der Waals surface area contributed by atoms with Gasteiger partial charge in [-0.05, 0) is 20.3 Å². The molecule has 0 aromatic rings. The summed E-state index contributed by atoms with van der Waals surface area (Å²) in [7, 11) is 0. The molecule has 0 aromatic carbocycles. The van der Waals surface area contributed by atoms with E-state index in [1.807, 2.05) is 13.8 Å². The Labute approximate surface area is 134 Å². The van der Waals surface area contributed by atoms with Crippen LogP contribution in [0.2, 0.25) is 0 Å². The Morgan fingerprint density at radius 3 is 2.21 bits per heavy atom. The molecular formula is C13H29IN4O. The van der Waals surface area contributed by atoms with Gasteiger partial charge in [-0.2, -0.15) is 0 Å². The van der Waals surface area contributed by atoms with Crippen molar-refractivity contribution in [3.63, 3.8) is 0 Å². The average molecular weight is 384 g/mol. The molecule has 0 unspecified atom stereocenters. The van der Waals surface area contributed by atoms with Crippen molar-refractivity contribution in [1.29, 1.82) is 0 Å². The first-order chi connectivity index (χ1) is 8.74. The fourth-order valence-electron chi connectivity index (χ4n) is 1.50. The zero-order valence-electron chi connectivity index (χ0n) is 12.4. The lowest BCUT2D eigenvalue weighted by molar-refractivity contribution is -0.119. The summed E-state index contributed by atoms with van der Waals surface area (Å²) in [5.74, 6) is 0.681. The number of nitrogens with one attached hydrogen (secondary N) is 3. The first-order valence-electron chi connectivity index (χ1n) is 7.03. The van der Waals surface area contributed by atoms with Crippen molar-refractivity contribution in [3.8, 4) is 0 Å². The molecule has 6 heteroatoms. The molecule has 0 saturated heterocycles. The molecule has 0 aliphatic rings. The molecule has 0 aromatic heterocycles. The molecule has 1 amide bonds. The summed E-state index contributed by atoms with van der Waals surface area (Å²) in [5.41, 5.74) is 0. The van der Waals surface area contributed by atoms with E-state index in [9.17, 15) is 4.79 Å². The van der Waals surface area contributed by atoms with Gasteiger partial charge in [0.15, 0.2) is 5.96 Å². The van der Waals surface area contributed by atoms with Crippen LogP contribution in [0.5, 0.6) is 0 Å². The van der Waals surface area contributed by atoms with E-state index in [1.54, 1.807) is 0 Å². The molecule has 0 rings (SSSR count). The second-order valence-electron chi connectivity index (χ2n) is 4.14. The van der Waals surface area contributed by atoms with E-state index in [-0.39, 0.29) is 36.4 Å². The lowest BCUT2D eigenvalue weighted by atomic mass is 10.2. The molecule has 0 bridgehead atoms. The summed E-state index contributed by atoms with van der Waals surface area (Å²) in [6, 6.07) is 0. The predicted molar refractivity (Wildman–Crippen MR) is 92.2 cm³/mol. The third-order valence-corrected chi connectivity index (χ3v) is 2.42. The van der Waals surface area contributed by atoms with Crippen LogP contribution in [0, 0.1) is 0 Å². The summed E-state index contributed by atoms with van der Waals surface area (Å²) in [5, 5.41) is 9.09. The van der Waals surface area contributed by atoms with E-state index in [4.69, 9.17) is 0 Å². The van der Waals surface area contributed by atoms with Crippen LogP contribution in [0.25, 0.3) is 0 Å². The summed E-state index contributed by atoms with van der Waals surface area (Å²) < 4.78 is 0. The summed E-state index contributed by atoms with van der Waals surface area (Å²) in [6.07, 6.45) is 4.89. The zero-order chi connectivity index (χ0) is 13.6. The van der Waals surface area contributed by atoms with Gasteiger partial charge in [0, 0.05) is 19.6 Å². The molecule has 0 saturated carbocycles. The van der Waals surface area contributed by atoms with E-state index in [2.05, 4.69) is 27.9 Å². The number of carbonyl (C=O) groups excluding carboxylic acids is 1. The normalized spacial score (nSPS) is 10.6. The van der Waals surface area contributed by atoms with Crippen LogP contribution in [0.1, 0.15) is 46.5 Å². The number of hydrogen-bond donors (Lipinski definition) is 3. The van der Waals surface area contributed by atoms with Crippen LogP contribution in [-0.4, -0.2) is 38.0 Å². The van der Waals surface area contributed by atoms with E-state index >= 15 is 0 Å². The quantitative estimate of drug-likeness (QED) is 0.246. The number of carbonyl (C=O) groups is 1. The van der Waals surface area contributed by atoms with E-state index in [1.165, 1.54) is 19.3 Å². The third-order valence-electron chi connectivity index (χ3n) is 2.42. The summed E-state index contributed by atoms with van der Waals surface area (Å²) >= 11 is 0. The minimum absolute atomic E-state index is 0. The van der Waals surface area contributed by atoms with Gasteiger partial charge in [-0.15, -0.1) is 24.0 Å². The van der Waals surface area contributed by atoms with Crippen molar-refractivity contribution in [2.24, 2.45) is 4.99 Å². The number of aliphatic imine (C=N–C) groups is 1. The largest absolute Gasteiger partial charge is 0.357 e. The standard InChI is InChI=1S/C13H28N4O.HI/c1-4-7-8-9-10-16-13(15-6-3)17-11-12(18)14-5-2;/h4-11H2,1-3H3,(H,14,18)(H2,15,16,17);1H. The fraction of sp³-hybridized carbons (Fsp3) is 0.846. The van der Waals surface area contributed by atoms with Gasteiger partial charge in [-0.1, -0.05) is 26.2 Å². The van der Waals surface area contributed by atoms with E-state index in [0.717, 1.165) is 25.5 Å². The molecular weight excluding hydrogens is 355 g/mol. The molecule has 0 fully saturated rings. The molecule has 0 aliphatic carbocycles. The Kier molecular flexibility index (Phi) is 17.0. The fourth-order valence-corrected chi connectivity index (χ4v) is 1.50. The number of nitrogens with zero attached hydrogens (tertiary/aromatic N) is 1. The van der Waals surface area contributed by atoms with Crippen LogP contribution in [-0.2, 0) is 4.79 Å². The molecule has 0 radical (unpaired) electrons. The molecule has 0 atom stereocenters. The first-order valence-corrected chi connectivity index (χ1v) is 7.03. The van der Waals surface area contributed by atoms with Crippen LogP contribution in [0.3, 0.4) is 0 Å². The highest BCUT2D eigenvalue weighted by atomic mass is 127. The van der Waals surface area contributed by atoms with Crippen molar-refractivity contribution in [2.75, 3.05) is 26.2 Å². The third kappa shape index (κ3) is 13.7. The number of amides is 1. The number of likely N-dealkylation sites (N-methyl/N-ethyl adjacent to an activating group) is 1. The zero-order valence-corrected chi connectivity index (χ0v) is 14.8. The number of hydrogen-bond acceptors (Lipinski definition) is 2. The highest BCUT2D eigenvalue weighted by molar-refractivity contribution is 14.0. The predicted octanol–water partition coefficient (Wildman–Crippen LogP) is 1.88. The maximum Gasteiger partial charge on any atom is 0.241 e. The van der Waals surface area contributed by atoms with Crippen molar-refractivity contribution in [3.05, 3.63) is 0 Å². The second-order valence-corrected chi connectivity index (χ2v) is 4.14. The molecule has 0 spiro atoms. The number of unbranched alkanes of at least 4 members (excludes halogenated alkanes) is 3. The molecule has 19 heavy (non-hydrogen) atoms. The minimum atomic E-state index is -0.0410. The Balaban J connectivity index is 0. The van der Waals surface area contributed by atoms with Gasteiger partial charge in [-0.25, -0.2) is 4.99 Å². The highest BCUT2D eigenvalue weighted by Gasteiger charge is 2.00. The minimum Gasteiger partial charge on any atom is -0.357 e. The lowest BCUT2D eigenvalue weighted by Crippen LogP contribution is -2.39. The van der Waals surface area contributed by atoms with Crippen LogP contribution >= 0.6 is 24.0 Å². The Hall–Kier alpha value is -0.530. The number of guanidine groups is 1.